The number of benzene rings is 2. The van der Waals surface area contributed by atoms with Crippen molar-refractivity contribution in [3.8, 4) is 0 Å². The Kier molecular flexibility index (Phi) is 3.58. The van der Waals surface area contributed by atoms with E-state index in [1.807, 2.05) is 6.07 Å². The summed E-state index contributed by atoms with van der Waals surface area (Å²) in [6.45, 7) is 0. The van der Waals surface area contributed by atoms with Gasteiger partial charge in [0.15, 0.2) is 11.6 Å². The second kappa shape index (κ2) is 5.55. The van der Waals surface area contributed by atoms with E-state index in [9.17, 15) is 18.0 Å². The normalized spacial score (nSPS) is 10.9. The van der Waals surface area contributed by atoms with Crippen molar-refractivity contribution < 1.29 is 18.0 Å². The number of H-pyrrole nitrogens is 1. The lowest BCUT2D eigenvalue weighted by Crippen LogP contribution is -2.16. The molecule has 0 fully saturated rings. The number of anilines is 1. The van der Waals surface area contributed by atoms with E-state index < -0.39 is 29.8 Å². The van der Waals surface area contributed by atoms with Gasteiger partial charge in [0.25, 0.3) is 0 Å². The van der Waals surface area contributed by atoms with E-state index >= 15 is 0 Å². The summed E-state index contributed by atoms with van der Waals surface area (Å²) >= 11 is 0. The first-order valence-corrected chi connectivity index (χ1v) is 6.54. The highest BCUT2D eigenvalue weighted by Crippen LogP contribution is 2.22. The molecule has 0 radical (unpaired) electrons. The van der Waals surface area contributed by atoms with E-state index in [1.165, 1.54) is 0 Å². The van der Waals surface area contributed by atoms with E-state index in [2.05, 4.69) is 10.3 Å². The third-order valence-electron chi connectivity index (χ3n) is 3.29. The number of fused-ring (bicyclic) bond motifs is 1. The maximum atomic E-state index is 13.6. The van der Waals surface area contributed by atoms with E-state index in [-0.39, 0.29) is 5.56 Å². The average Bonchev–Trinajstić information content (AvgIpc) is 2.93. The van der Waals surface area contributed by atoms with Crippen LogP contribution in [0.3, 0.4) is 0 Å². The molecule has 0 unspecified atom stereocenters. The Morgan fingerprint density at radius 2 is 1.95 bits per heavy atom. The SMILES string of the molecule is O=C(Cc1cc(F)cc(F)c1F)Nc1cccc2[nH]ccc12. The van der Waals surface area contributed by atoms with Crippen LogP contribution in [0.25, 0.3) is 10.9 Å². The molecule has 2 aromatic carbocycles. The van der Waals surface area contributed by atoms with Gasteiger partial charge in [-0.25, -0.2) is 13.2 Å². The minimum absolute atomic E-state index is 0.323. The topological polar surface area (TPSA) is 44.9 Å². The second-order valence-corrected chi connectivity index (χ2v) is 4.83. The number of carbonyl (C=O) groups excluding carboxylic acids is 1. The lowest BCUT2D eigenvalue weighted by Gasteiger charge is -2.08. The molecule has 0 saturated carbocycles. The molecular formula is C16H11F3N2O. The number of amides is 1. The maximum Gasteiger partial charge on any atom is 0.228 e. The molecule has 0 atom stereocenters. The standard InChI is InChI=1S/C16H11F3N2O/c17-10-6-9(16(19)12(18)8-10)7-15(22)21-14-3-1-2-13-11(14)4-5-20-13/h1-6,8,20H,7H2,(H,21,22). The summed E-state index contributed by atoms with van der Waals surface area (Å²) < 4.78 is 39.8. The van der Waals surface area contributed by atoms with Crippen LogP contribution in [0, 0.1) is 17.5 Å². The Hall–Kier alpha value is -2.76. The van der Waals surface area contributed by atoms with Gasteiger partial charge in [0.2, 0.25) is 5.91 Å². The summed E-state index contributed by atoms with van der Waals surface area (Å²) in [5, 5.41) is 3.41. The molecule has 1 aromatic heterocycles. The van der Waals surface area contributed by atoms with Crippen molar-refractivity contribution in [1.29, 1.82) is 0 Å². The van der Waals surface area contributed by atoms with Crippen LogP contribution in [0.5, 0.6) is 0 Å². The zero-order chi connectivity index (χ0) is 15.7. The van der Waals surface area contributed by atoms with Crippen molar-refractivity contribution in [3.63, 3.8) is 0 Å². The first-order valence-electron chi connectivity index (χ1n) is 6.54. The van der Waals surface area contributed by atoms with Crippen LogP contribution in [0.15, 0.2) is 42.6 Å². The fraction of sp³-hybridized carbons (Fsp3) is 0.0625. The predicted molar refractivity (Wildman–Crippen MR) is 76.9 cm³/mol. The Labute approximate surface area is 123 Å². The van der Waals surface area contributed by atoms with Crippen LogP contribution in [0.1, 0.15) is 5.56 Å². The molecule has 2 N–H and O–H groups in total. The Morgan fingerprint density at radius 1 is 1.14 bits per heavy atom. The fourth-order valence-electron chi connectivity index (χ4n) is 2.30. The molecule has 0 bridgehead atoms. The van der Waals surface area contributed by atoms with Crippen molar-refractivity contribution in [3.05, 3.63) is 65.6 Å². The Bertz CT molecular complexity index is 858. The van der Waals surface area contributed by atoms with Crippen LogP contribution in [0.2, 0.25) is 0 Å². The van der Waals surface area contributed by atoms with Gasteiger partial charge >= 0.3 is 0 Å². The quantitative estimate of drug-likeness (QED) is 0.711. The molecule has 1 heterocycles. The number of hydrogen-bond donors (Lipinski definition) is 2. The van der Waals surface area contributed by atoms with Gasteiger partial charge in [0, 0.05) is 28.7 Å². The van der Waals surface area contributed by atoms with E-state index in [0.29, 0.717) is 11.8 Å². The van der Waals surface area contributed by atoms with Crippen molar-refractivity contribution >= 4 is 22.5 Å². The highest BCUT2D eigenvalue weighted by atomic mass is 19.2. The monoisotopic (exact) mass is 304 g/mol. The smallest absolute Gasteiger partial charge is 0.228 e. The van der Waals surface area contributed by atoms with Crippen LogP contribution in [-0.4, -0.2) is 10.9 Å². The summed E-state index contributed by atoms with van der Waals surface area (Å²) in [6.07, 6.45) is 1.27. The lowest BCUT2D eigenvalue weighted by molar-refractivity contribution is -0.115. The number of carbonyl (C=O) groups is 1. The number of nitrogens with one attached hydrogen (secondary N) is 2. The zero-order valence-corrected chi connectivity index (χ0v) is 11.3. The Balaban J connectivity index is 1.83. The number of aromatic nitrogens is 1. The largest absolute Gasteiger partial charge is 0.361 e. The molecule has 22 heavy (non-hydrogen) atoms. The molecule has 0 aliphatic heterocycles. The van der Waals surface area contributed by atoms with Gasteiger partial charge in [0.1, 0.15) is 5.82 Å². The molecule has 3 nitrogen and oxygen atoms in total. The van der Waals surface area contributed by atoms with Crippen LogP contribution in [0.4, 0.5) is 18.9 Å². The first-order chi connectivity index (χ1) is 10.5. The Morgan fingerprint density at radius 3 is 2.77 bits per heavy atom. The number of rotatable bonds is 3. The van der Waals surface area contributed by atoms with Crippen molar-refractivity contribution in [1.82, 2.24) is 4.98 Å². The van der Waals surface area contributed by atoms with E-state index in [1.54, 1.807) is 24.4 Å². The van der Waals surface area contributed by atoms with Gasteiger partial charge < -0.3 is 10.3 Å². The number of hydrogen-bond acceptors (Lipinski definition) is 1. The van der Waals surface area contributed by atoms with Gasteiger partial charge in [-0.15, -0.1) is 0 Å². The minimum Gasteiger partial charge on any atom is -0.361 e. The summed E-state index contributed by atoms with van der Waals surface area (Å²) in [7, 11) is 0. The summed E-state index contributed by atoms with van der Waals surface area (Å²) in [5.41, 5.74) is 1.05. The van der Waals surface area contributed by atoms with E-state index in [4.69, 9.17) is 0 Å². The zero-order valence-electron chi connectivity index (χ0n) is 11.3. The lowest BCUT2D eigenvalue weighted by atomic mass is 10.1. The van der Waals surface area contributed by atoms with Gasteiger partial charge in [0.05, 0.1) is 12.1 Å². The molecule has 3 rings (SSSR count). The van der Waals surface area contributed by atoms with Crippen LogP contribution < -0.4 is 5.32 Å². The van der Waals surface area contributed by atoms with Crippen molar-refractivity contribution in [2.75, 3.05) is 5.32 Å². The highest BCUT2D eigenvalue weighted by Gasteiger charge is 2.15. The van der Waals surface area contributed by atoms with E-state index in [0.717, 1.165) is 17.0 Å². The van der Waals surface area contributed by atoms with Crippen LogP contribution in [-0.2, 0) is 11.2 Å². The molecular weight excluding hydrogens is 293 g/mol. The maximum absolute atomic E-state index is 13.6. The van der Waals surface area contributed by atoms with Gasteiger partial charge in [-0.1, -0.05) is 6.07 Å². The molecule has 3 aromatic rings. The number of aromatic amines is 1. The van der Waals surface area contributed by atoms with Gasteiger partial charge in [-0.3, -0.25) is 4.79 Å². The molecule has 0 spiro atoms. The average molecular weight is 304 g/mol. The van der Waals surface area contributed by atoms with Gasteiger partial charge in [-0.2, -0.15) is 0 Å². The second-order valence-electron chi connectivity index (χ2n) is 4.83. The third kappa shape index (κ3) is 2.67. The molecule has 6 heteroatoms. The first kappa shape index (κ1) is 14.2. The fourth-order valence-corrected chi connectivity index (χ4v) is 2.30. The summed E-state index contributed by atoms with van der Waals surface area (Å²) in [5.74, 6) is -4.00. The molecule has 0 saturated heterocycles. The summed E-state index contributed by atoms with van der Waals surface area (Å²) in [6, 6.07) is 8.32. The molecule has 0 aliphatic rings. The predicted octanol–water partition coefficient (Wildman–Crippen LogP) is 3.77. The number of halogens is 3. The summed E-state index contributed by atoms with van der Waals surface area (Å²) in [4.78, 5) is 15.0. The van der Waals surface area contributed by atoms with Crippen molar-refractivity contribution in [2.45, 2.75) is 6.42 Å². The van der Waals surface area contributed by atoms with Crippen molar-refractivity contribution in [2.24, 2.45) is 0 Å². The third-order valence-corrected chi connectivity index (χ3v) is 3.29. The highest BCUT2D eigenvalue weighted by molar-refractivity contribution is 6.01. The molecule has 112 valence electrons. The van der Waals surface area contributed by atoms with Gasteiger partial charge in [-0.05, 0) is 24.3 Å². The minimum atomic E-state index is -1.31. The molecule has 0 aliphatic carbocycles. The molecule has 1 amide bonds. The van der Waals surface area contributed by atoms with Crippen LogP contribution >= 0.6 is 0 Å².